The maximum absolute atomic E-state index is 12.4. The van der Waals surface area contributed by atoms with Crippen LogP contribution in [0, 0.1) is 6.92 Å². The van der Waals surface area contributed by atoms with Crippen LogP contribution >= 0.6 is 38.9 Å². The smallest absolute Gasteiger partial charge is 0.271 e. The van der Waals surface area contributed by atoms with Gasteiger partial charge in [0.2, 0.25) is 0 Å². The summed E-state index contributed by atoms with van der Waals surface area (Å²) in [6.45, 7) is 3.73. The molecule has 0 saturated carbocycles. The third-order valence-electron chi connectivity index (χ3n) is 2.73. The van der Waals surface area contributed by atoms with E-state index in [0.29, 0.717) is 10.0 Å². The van der Waals surface area contributed by atoms with E-state index in [2.05, 4.69) is 20.7 Å². The third kappa shape index (κ3) is 3.36. The second-order valence-corrected chi connectivity index (χ2v) is 9.27. The van der Waals surface area contributed by atoms with Crippen molar-refractivity contribution in [2.45, 2.75) is 22.9 Å². The van der Waals surface area contributed by atoms with Gasteiger partial charge in [-0.2, -0.15) is 0 Å². The van der Waals surface area contributed by atoms with Crippen molar-refractivity contribution in [3.8, 4) is 0 Å². The number of hydrogen-bond acceptors (Lipinski definition) is 3. The quantitative estimate of drug-likeness (QED) is 0.744. The number of benzene rings is 1. The molecule has 0 saturated heterocycles. The Morgan fingerprint density at radius 1 is 1.35 bits per heavy atom. The van der Waals surface area contributed by atoms with Crippen LogP contribution in [0.1, 0.15) is 22.9 Å². The predicted octanol–water partition coefficient (Wildman–Crippen LogP) is 4.97. The average Bonchev–Trinajstić information content (AvgIpc) is 2.70. The highest BCUT2D eigenvalue weighted by molar-refractivity contribution is 9.09. The lowest BCUT2D eigenvalue weighted by Gasteiger charge is -2.13. The van der Waals surface area contributed by atoms with Crippen LogP contribution in [0.3, 0.4) is 0 Å². The molecule has 1 aromatic heterocycles. The number of thiophene rings is 1. The van der Waals surface area contributed by atoms with Crippen molar-refractivity contribution in [3.63, 3.8) is 0 Å². The van der Waals surface area contributed by atoms with E-state index in [4.69, 9.17) is 11.6 Å². The van der Waals surface area contributed by atoms with Crippen LogP contribution < -0.4 is 4.72 Å². The molecule has 20 heavy (non-hydrogen) atoms. The standard InChI is InChI=1S/C13H13BrClNO2S2/c1-8-7-12(19-13(8)15)20(17,18)16-11-6-4-3-5-10(11)9(2)14/h3-7,9,16H,1-2H3. The van der Waals surface area contributed by atoms with Gasteiger partial charge in [0, 0.05) is 4.83 Å². The Kier molecular flexibility index (Phi) is 4.79. The zero-order valence-electron chi connectivity index (χ0n) is 10.9. The van der Waals surface area contributed by atoms with Gasteiger partial charge in [-0.15, -0.1) is 11.3 Å². The highest BCUT2D eigenvalue weighted by Gasteiger charge is 2.20. The molecule has 1 heterocycles. The van der Waals surface area contributed by atoms with E-state index in [9.17, 15) is 8.42 Å². The Balaban J connectivity index is 2.38. The van der Waals surface area contributed by atoms with Crippen LogP contribution in [0.2, 0.25) is 4.34 Å². The lowest BCUT2D eigenvalue weighted by Crippen LogP contribution is -2.13. The molecule has 0 amide bonds. The summed E-state index contributed by atoms with van der Waals surface area (Å²) in [5, 5.41) is 0. The molecule has 0 aliphatic rings. The van der Waals surface area contributed by atoms with E-state index in [1.807, 2.05) is 19.1 Å². The topological polar surface area (TPSA) is 46.2 Å². The molecule has 1 aromatic carbocycles. The monoisotopic (exact) mass is 393 g/mol. The van der Waals surface area contributed by atoms with Gasteiger partial charge in [0.1, 0.15) is 4.21 Å². The average molecular weight is 395 g/mol. The Morgan fingerprint density at radius 3 is 2.55 bits per heavy atom. The lowest BCUT2D eigenvalue weighted by molar-refractivity contribution is 0.603. The van der Waals surface area contributed by atoms with Crippen LogP contribution in [0.15, 0.2) is 34.5 Å². The zero-order valence-corrected chi connectivity index (χ0v) is 14.8. The first kappa shape index (κ1) is 15.8. The second kappa shape index (κ2) is 6.05. The highest BCUT2D eigenvalue weighted by Crippen LogP contribution is 2.33. The molecule has 1 atom stereocenters. The first-order valence-electron chi connectivity index (χ1n) is 5.83. The maximum atomic E-state index is 12.4. The fourth-order valence-corrected chi connectivity index (χ4v) is 4.89. The van der Waals surface area contributed by atoms with Crippen LogP contribution in [-0.4, -0.2) is 8.42 Å². The first-order chi connectivity index (χ1) is 9.31. The first-order valence-corrected chi connectivity index (χ1v) is 9.42. The molecule has 2 aromatic rings. The van der Waals surface area contributed by atoms with Gasteiger partial charge in [-0.1, -0.05) is 45.7 Å². The van der Waals surface area contributed by atoms with Crippen molar-refractivity contribution >= 4 is 54.6 Å². The molecule has 2 rings (SSSR count). The third-order valence-corrected chi connectivity index (χ3v) is 6.62. The summed E-state index contributed by atoms with van der Waals surface area (Å²) >= 11 is 10.5. The van der Waals surface area contributed by atoms with Gasteiger partial charge in [0.15, 0.2) is 0 Å². The van der Waals surface area contributed by atoms with Gasteiger partial charge >= 0.3 is 0 Å². The summed E-state index contributed by atoms with van der Waals surface area (Å²) in [5.41, 5.74) is 2.22. The predicted molar refractivity (Wildman–Crippen MR) is 88.7 cm³/mol. The van der Waals surface area contributed by atoms with Gasteiger partial charge in [0.05, 0.1) is 10.0 Å². The number of rotatable bonds is 4. The molecule has 0 radical (unpaired) electrons. The van der Waals surface area contributed by atoms with Gasteiger partial charge in [-0.25, -0.2) is 8.42 Å². The second-order valence-electron chi connectivity index (χ2n) is 4.33. The molecule has 0 aliphatic carbocycles. The Bertz CT molecular complexity index is 706. The Hall–Kier alpha value is -0.560. The minimum atomic E-state index is -3.61. The van der Waals surface area contributed by atoms with E-state index in [1.165, 1.54) is 0 Å². The summed E-state index contributed by atoms with van der Waals surface area (Å²) in [5.74, 6) is 0. The Morgan fingerprint density at radius 2 is 2.00 bits per heavy atom. The fraction of sp³-hybridized carbons (Fsp3) is 0.231. The minimum absolute atomic E-state index is 0.0510. The molecule has 3 nitrogen and oxygen atoms in total. The molecular weight excluding hydrogens is 382 g/mol. The maximum Gasteiger partial charge on any atom is 0.271 e. The van der Waals surface area contributed by atoms with E-state index >= 15 is 0 Å². The number of sulfonamides is 1. The number of nitrogens with one attached hydrogen (secondary N) is 1. The SMILES string of the molecule is Cc1cc(S(=O)(=O)Nc2ccccc2C(C)Br)sc1Cl. The fourth-order valence-electron chi connectivity index (χ4n) is 1.70. The van der Waals surface area contributed by atoms with Gasteiger partial charge in [-0.3, -0.25) is 4.72 Å². The normalized spacial score (nSPS) is 13.2. The van der Waals surface area contributed by atoms with E-state index in [1.54, 1.807) is 25.1 Å². The number of anilines is 1. The summed E-state index contributed by atoms with van der Waals surface area (Å²) < 4.78 is 28.1. The molecule has 0 aliphatic heterocycles. The van der Waals surface area contributed by atoms with E-state index < -0.39 is 10.0 Å². The highest BCUT2D eigenvalue weighted by atomic mass is 79.9. The van der Waals surface area contributed by atoms with E-state index in [0.717, 1.165) is 22.5 Å². The van der Waals surface area contributed by atoms with Crippen LogP contribution in [0.5, 0.6) is 0 Å². The Labute approximate surface area is 136 Å². The van der Waals surface area contributed by atoms with Crippen molar-refractivity contribution in [3.05, 3.63) is 45.8 Å². The van der Waals surface area contributed by atoms with Crippen LogP contribution in [-0.2, 0) is 10.0 Å². The summed E-state index contributed by atoms with van der Waals surface area (Å²) in [7, 11) is -3.61. The molecule has 0 bridgehead atoms. The van der Waals surface area contributed by atoms with Crippen molar-refractivity contribution < 1.29 is 8.42 Å². The van der Waals surface area contributed by atoms with Gasteiger partial charge in [-0.05, 0) is 37.1 Å². The number of alkyl halides is 1. The molecule has 0 spiro atoms. The lowest BCUT2D eigenvalue weighted by atomic mass is 10.1. The molecule has 108 valence electrons. The zero-order chi connectivity index (χ0) is 14.9. The molecular formula is C13H13BrClNO2S2. The molecule has 0 fully saturated rings. The van der Waals surface area contributed by atoms with Gasteiger partial charge < -0.3 is 0 Å². The number of aryl methyl sites for hydroxylation is 1. The van der Waals surface area contributed by atoms with Crippen molar-refractivity contribution in [2.75, 3.05) is 4.72 Å². The molecule has 1 N–H and O–H groups in total. The van der Waals surface area contributed by atoms with Crippen molar-refractivity contribution in [2.24, 2.45) is 0 Å². The van der Waals surface area contributed by atoms with Crippen molar-refractivity contribution in [1.82, 2.24) is 0 Å². The minimum Gasteiger partial charge on any atom is -0.279 e. The number of halogens is 2. The van der Waals surface area contributed by atoms with Crippen LogP contribution in [0.4, 0.5) is 5.69 Å². The molecule has 1 unspecified atom stereocenters. The largest absolute Gasteiger partial charge is 0.279 e. The molecule has 7 heteroatoms. The summed E-state index contributed by atoms with van der Waals surface area (Å²) in [6.07, 6.45) is 0. The van der Waals surface area contributed by atoms with Crippen LogP contribution in [0.25, 0.3) is 0 Å². The van der Waals surface area contributed by atoms with Crippen molar-refractivity contribution in [1.29, 1.82) is 0 Å². The number of para-hydroxylation sites is 1. The summed E-state index contributed by atoms with van der Waals surface area (Å²) in [6, 6.07) is 8.87. The van der Waals surface area contributed by atoms with Gasteiger partial charge in [0.25, 0.3) is 10.0 Å². The number of hydrogen-bond donors (Lipinski definition) is 1. The van der Waals surface area contributed by atoms with E-state index in [-0.39, 0.29) is 9.04 Å². The summed E-state index contributed by atoms with van der Waals surface area (Å²) in [4.78, 5) is 0.0510.